The molecule has 8 heteroatoms. The molecular formula is C26H32N4O2S2. The van der Waals surface area contributed by atoms with Gasteiger partial charge in [0, 0.05) is 44.5 Å². The predicted octanol–water partition coefficient (Wildman–Crippen LogP) is 5.45. The van der Waals surface area contributed by atoms with E-state index in [1.54, 1.807) is 24.5 Å². The number of allylic oxidation sites excluding steroid dienone is 2. The molecule has 0 radical (unpaired) electrons. The SMILES string of the molecule is CC(=O)c1csc2c1CCN(C(=O)c1cnc3ccccn13)C2.CCC(=S)/C=C(\N)C(C)(C)C. The Morgan fingerprint density at radius 1 is 1.29 bits per heavy atom. The van der Waals surface area contributed by atoms with Gasteiger partial charge in [-0.15, -0.1) is 11.3 Å². The number of amides is 1. The number of fused-ring (bicyclic) bond motifs is 2. The van der Waals surface area contributed by atoms with Crippen LogP contribution in [0.2, 0.25) is 0 Å². The number of nitrogens with two attached hydrogens (primary N) is 1. The van der Waals surface area contributed by atoms with Gasteiger partial charge in [0.2, 0.25) is 0 Å². The summed E-state index contributed by atoms with van der Waals surface area (Å²) in [6.45, 7) is 11.1. The van der Waals surface area contributed by atoms with Gasteiger partial charge in [-0.25, -0.2) is 4.98 Å². The van der Waals surface area contributed by atoms with Gasteiger partial charge in [-0.3, -0.25) is 14.0 Å². The molecule has 0 fully saturated rings. The zero-order valence-corrected chi connectivity index (χ0v) is 22.1. The molecule has 0 atom stereocenters. The highest BCUT2D eigenvalue weighted by Crippen LogP contribution is 2.29. The number of nitrogens with zero attached hydrogens (tertiary/aromatic N) is 3. The Balaban J connectivity index is 0.000000252. The number of ketones is 1. The van der Waals surface area contributed by atoms with E-state index in [4.69, 9.17) is 18.0 Å². The molecule has 3 aromatic rings. The van der Waals surface area contributed by atoms with Crippen LogP contribution in [-0.4, -0.2) is 37.4 Å². The third-order valence-corrected chi connectivity index (χ3v) is 7.20. The molecule has 0 spiro atoms. The highest BCUT2D eigenvalue weighted by Gasteiger charge is 2.27. The molecular weight excluding hydrogens is 464 g/mol. The number of hydrogen-bond acceptors (Lipinski definition) is 6. The zero-order valence-electron chi connectivity index (χ0n) is 20.4. The number of carbonyl (C=O) groups excluding carboxylic acids is 2. The number of pyridine rings is 1. The molecule has 0 unspecified atom stereocenters. The second-order valence-corrected chi connectivity index (χ2v) is 10.8. The molecule has 4 heterocycles. The van der Waals surface area contributed by atoms with E-state index in [2.05, 4.69) is 25.8 Å². The molecule has 0 saturated carbocycles. The smallest absolute Gasteiger partial charge is 0.272 e. The van der Waals surface area contributed by atoms with E-state index in [9.17, 15) is 9.59 Å². The summed E-state index contributed by atoms with van der Waals surface area (Å²) in [5.41, 5.74) is 9.98. The van der Waals surface area contributed by atoms with Crippen LogP contribution in [0.5, 0.6) is 0 Å². The third-order valence-electron chi connectivity index (χ3n) is 5.78. The summed E-state index contributed by atoms with van der Waals surface area (Å²) in [7, 11) is 0. The maximum Gasteiger partial charge on any atom is 0.272 e. The second kappa shape index (κ2) is 10.6. The number of rotatable bonds is 4. The van der Waals surface area contributed by atoms with Crippen molar-refractivity contribution >= 4 is 45.8 Å². The maximum absolute atomic E-state index is 12.8. The quantitative estimate of drug-likeness (QED) is 0.295. The fourth-order valence-corrected chi connectivity index (χ4v) is 4.82. The summed E-state index contributed by atoms with van der Waals surface area (Å²) >= 11 is 6.61. The van der Waals surface area contributed by atoms with Crippen LogP contribution in [0.1, 0.15) is 72.3 Å². The van der Waals surface area contributed by atoms with Crippen LogP contribution in [0.4, 0.5) is 0 Å². The molecule has 0 bridgehead atoms. The number of thiophene rings is 1. The van der Waals surface area contributed by atoms with Gasteiger partial charge in [0.05, 0.1) is 12.7 Å². The van der Waals surface area contributed by atoms with Crippen LogP contribution in [0, 0.1) is 5.41 Å². The molecule has 0 saturated heterocycles. The van der Waals surface area contributed by atoms with Crippen molar-refractivity contribution in [3.8, 4) is 0 Å². The van der Waals surface area contributed by atoms with Gasteiger partial charge in [0.1, 0.15) is 11.3 Å². The molecule has 0 aromatic carbocycles. The van der Waals surface area contributed by atoms with Crippen molar-refractivity contribution in [3.63, 3.8) is 0 Å². The van der Waals surface area contributed by atoms with E-state index in [1.165, 1.54) is 0 Å². The van der Waals surface area contributed by atoms with Gasteiger partial charge >= 0.3 is 0 Å². The number of thiocarbonyl (C=S) groups is 1. The van der Waals surface area contributed by atoms with Crippen LogP contribution in [-0.2, 0) is 13.0 Å². The molecule has 34 heavy (non-hydrogen) atoms. The van der Waals surface area contributed by atoms with Crippen molar-refractivity contribution in [1.29, 1.82) is 0 Å². The lowest BCUT2D eigenvalue weighted by Crippen LogP contribution is -2.36. The van der Waals surface area contributed by atoms with Gasteiger partial charge < -0.3 is 10.6 Å². The minimum Gasteiger partial charge on any atom is -0.402 e. The van der Waals surface area contributed by atoms with Gasteiger partial charge in [0.15, 0.2) is 5.78 Å². The van der Waals surface area contributed by atoms with Crippen LogP contribution in [0.25, 0.3) is 5.65 Å². The number of hydrogen-bond donors (Lipinski definition) is 1. The van der Waals surface area contributed by atoms with E-state index < -0.39 is 0 Å². The first-order valence-electron chi connectivity index (χ1n) is 11.3. The number of carbonyl (C=O) groups is 2. The van der Waals surface area contributed by atoms with Crippen LogP contribution >= 0.6 is 23.6 Å². The average molecular weight is 497 g/mol. The normalized spacial score (nSPS) is 13.8. The predicted molar refractivity (Wildman–Crippen MR) is 143 cm³/mol. The Hall–Kier alpha value is -2.84. The molecule has 1 aliphatic rings. The second-order valence-electron chi connectivity index (χ2n) is 9.33. The fourth-order valence-electron chi connectivity index (χ4n) is 3.54. The standard InChI is InChI=1S/C17H15N3O2S.C9H17NS/c1-11(21)13-10-23-15-9-19(7-5-12(13)15)17(22)14-8-18-16-4-2-3-6-20(14)16;1-5-7(11)6-8(10)9(2,3)4/h2-4,6,8,10H,5,7,9H2,1H3;6H,5,10H2,1-4H3/b;8-6-. The van der Waals surface area contributed by atoms with Crippen molar-refractivity contribution in [3.05, 3.63) is 69.4 Å². The number of imidazole rings is 1. The number of Topliss-reactive ketones (excluding diaryl/α,β-unsaturated/α-hetero) is 1. The largest absolute Gasteiger partial charge is 0.402 e. The Kier molecular flexibility index (Phi) is 8.05. The first-order valence-corrected chi connectivity index (χ1v) is 12.6. The lowest BCUT2D eigenvalue weighted by molar-refractivity contribution is 0.0730. The van der Waals surface area contributed by atoms with Crippen molar-refractivity contribution in [2.75, 3.05) is 6.54 Å². The summed E-state index contributed by atoms with van der Waals surface area (Å²) in [4.78, 5) is 32.6. The third kappa shape index (κ3) is 5.80. The van der Waals surface area contributed by atoms with E-state index in [0.717, 1.165) is 45.1 Å². The molecule has 1 amide bonds. The highest BCUT2D eigenvalue weighted by molar-refractivity contribution is 7.80. The van der Waals surface area contributed by atoms with Crippen molar-refractivity contribution in [2.24, 2.45) is 11.1 Å². The summed E-state index contributed by atoms with van der Waals surface area (Å²) in [5, 5.41) is 1.91. The van der Waals surface area contributed by atoms with Crippen LogP contribution in [0.3, 0.4) is 0 Å². The minimum absolute atomic E-state index is 0.0212. The van der Waals surface area contributed by atoms with Crippen LogP contribution < -0.4 is 5.73 Å². The molecule has 3 aromatic heterocycles. The van der Waals surface area contributed by atoms with E-state index in [-0.39, 0.29) is 17.1 Å². The molecule has 2 N–H and O–H groups in total. The van der Waals surface area contributed by atoms with Gasteiger partial charge in [-0.05, 0) is 43.5 Å². The highest BCUT2D eigenvalue weighted by atomic mass is 32.1. The first kappa shape index (κ1) is 25.8. The monoisotopic (exact) mass is 496 g/mol. The van der Waals surface area contributed by atoms with Gasteiger partial charge in [-0.1, -0.05) is 46.0 Å². The van der Waals surface area contributed by atoms with E-state index >= 15 is 0 Å². The minimum atomic E-state index is -0.0212. The Morgan fingerprint density at radius 3 is 2.68 bits per heavy atom. The number of aromatic nitrogens is 2. The topological polar surface area (TPSA) is 80.7 Å². The van der Waals surface area contributed by atoms with Crippen molar-refractivity contribution in [1.82, 2.24) is 14.3 Å². The summed E-state index contributed by atoms with van der Waals surface area (Å²) < 4.78 is 1.81. The fraction of sp³-hybridized carbons (Fsp3) is 0.385. The van der Waals surface area contributed by atoms with Crippen molar-refractivity contribution < 1.29 is 9.59 Å². The summed E-state index contributed by atoms with van der Waals surface area (Å²) in [5.74, 6) is 0.0798. The molecule has 180 valence electrons. The summed E-state index contributed by atoms with van der Waals surface area (Å²) in [6.07, 6.45) is 7.00. The lowest BCUT2D eigenvalue weighted by atomic mass is 9.91. The lowest BCUT2D eigenvalue weighted by Gasteiger charge is -2.27. The van der Waals surface area contributed by atoms with E-state index in [1.807, 2.05) is 52.1 Å². The molecule has 0 aliphatic carbocycles. The zero-order chi connectivity index (χ0) is 25.0. The maximum atomic E-state index is 12.8. The Morgan fingerprint density at radius 2 is 2.03 bits per heavy atom. The summed E-state index contributed by atoms with van der Waals surface area (Å²) in [6, 6.07) is 5.67. The Labute approximate surface area is 210 Å². The van der Waals surface area contributed by atoms with Gasteiger partial charge in [0.25, 0.3) is 5.91 Å². The molecule has 1 aliphatic heterocycles. The van der Waals surface area contributed by atoms with Gasteiger partial charge in [-0.2, -0.15) is 0 Å². The first-order chi connectivity index (χ1) is 16.0. The van der Waals surface area contributed by atoms with E-state index in [0.29, 0.717) is 18.8 Å². The molecule has 4 rings (SSSR count). The average Bonchev–Trinajstić information content (AvgIpc) is 3.42. The van der Waals surface area contributed by atoms with Crippen molar-refractivity contribution in [2.45, 2.75) is 54.0 Å². The van der Waals surface area contributed by atoms with Crippen LogP contribution in [0.15, 0.2) is 47.7 Å². The molecule has 6 nitrogen and oxygen atoms in total. The Bertz CT molecular complexity index is 1250.